The Labute approximate surface area is 177 Å². The maximum absolute atomic E-state index is 13.3. The van der Waals surface area contributed by atoms with Gasteiger partial charge in [0.25, 0.3) is 0 Å². The monoisotopic (exact) mass is 407 g/mol. The fourth-order valence-corrected chi connectivity index (χ4v) is 4.46. The van der Waals surface area contributed by atoms with Crippen LogP contribution in [0.3, 0.4) is 0 Å². The summed E-state index contributed by atoms with van der Waals surface area (Å²) >= 11 is 0. The first-order valence-corrected chi connectivity index (χ1v) is 10.8. The quantitative estimate of drug-likeness (QED) is 0.766. The maximum Gasteiger partial charge on any atom is 0.226 e. The number of rotatable bonds is 7. The molecule has 6 heteroatoms. The molecule has 30 heavy (non-hydrogen) atoms. The number of aromatic nitrogens is 1. The summed E-state index contributed by atoms with van der Waals surface area (Å²) in [6.45, 7) is 3.09. The second-order valence-corrected chi connectivity index (χ2v) is 8.25. The average Bonchev–Trinajstić information content (AvgIpc) is 3.20. The fraction of sp³-hybridized carbons (Fsp3) is 0.458. The van der Waals surface area contributed by atoms with Crippen LogP contribution < -0.4 is 5.32 Å². The lowest BCUT2D eigenvalue weighted by molar-refractivity contribution is -0.137. The van der Waals surface area contributed by atoms with Gasteiger partial charge in [0.1, 0.15) is 0 Å². The van der Waals surface area contributed by atoms with Gasteiger partial charge in [-0.2, -0.15) is 0 Å². The van der Waals surface area contributed by atoms with Crippen molar-refractivity contribution in [1.29, 1.82) is 0 Å². The van der Waals surface area contributed by atoms with Crippen molar-refractivity contribution < 1.29 is 14.3 Å². The van der Waals surface area contributed by atoms with Crippen molar-refractivity contribution >= 4 is 11.8 Å². The van der Waals surface area contributed by atoms with E-state index in [0.717, 1.165) is 29.7 Å². The Bertz CT molecular complexity index is 878. The molecular weight excluding hydrogens is 378 g/mol. The number of ether oxygens (including phenoxy) is 1. The Kier molecular flexibility index (Phi) is 6.43. The average molecular weight is 408 g/mol. The molecule has 2 aromatic rings. The molecule has 158 valence electrons. The molecule has 1 aromatic heterocycles. The number of carbonyl (C=O) groups is 2. The molecular formula is C24H29N3O3. The van der Waals surface area contributed by atoms with Crippen molar-refractivity contribution in [3.05, 3.63) is 54.4 Å². The predicted molar refractivity (Wildman–Crippen MR) is 115 cm³/mol. The van der Waals surface area contributed by atoms with E-state index in [4.69, 9.17) is 4.74 Å². The molecule has 6 nitrogen and oxygen atoms in total. The van der Waals surface area contributed by atoms with E-state index in [9.17, 15) is 9.59 Å². The van der Waals surface area contributed by atoms with Gasteiger partial charge in [-0.1, -0.05) is 30.3 Å². The third-order valence-electron chi connectivity index (χ3n) is 6.23. The summed E-state index contributed by atoms with van der Waals surface area (Å²) in [6.07, 6.45) is 7.26. The van der Waals surface area contributed by atoms with Gasteiger partial charge in [0.15, 0.2) is 0 Å². The Balaban J connectivity index is 1.45. The molecule has 2 fully saturated rings. The van der Waals surface area contributed by atoms with Gasteiger partial charge >= 0.3 is 0 Å². The molecule has 2 aliphatic heterocycles. The highest BCUT2D eigenvalue weighted by atomic mass is 16.5. The van der Waals surface area contributed by atoms with E-state index in [1.165, 1.54) is 0 Å². The predicted octanol–water partition coefficient (Wildman–Crippen LogP) is 2.83. The van der Waals surface area contributed by atoms with Crippen LogP contribution in [0.15, 0.2) is 48.8 Å². The molecule has 2 amide bonds. The summed E-state index contributed by atoms with van der Waals surface area (Å²) < 4.78 is 5.56. The lowest BCUT2D eigenvalue weighted by atomic mass is 9.74. The molecule has 2 aliphatic rings. The van der Waals surface area contributed by atoms with E-state index >= 15 is 0 Å². The maximum atomic E-state index is 13.3. The Hall–Kier alpha value is -2.73. The van der Waals surface area contributed by atoms with Crippen LogP contribution in [0.1, 0.15) is 31.2 Å². The van der Waals surface area contributed by atoms with Crippen LogP contribution >= 0.6 is 0 Å². The Morgan fingerprint density at radius 1 is 1.17 bits per heavy atom. The zero-order valence-electron chi connectivity index (χ0n) is 17.3. The minimum absolute atomic E-state index is 0.0734. The van der Waals surface area contributed by atoms with E-state index in [2.05, 4.69) is 28.5 Å². The van der Waals surface area contributed by atoms with Crippen LogP contribution in [0.25, 0.3) is 11.1 Å². The molecule has 0 saturated carbocycles. The van der Waals surface area contributed by atoms with Crippen molar-refractivity contribution in [2.45, 2.75) is 32.1 Å². The summed E-state index contributed by atoms with van der Waals surface area (Å²) in [4.78, 5) is 31.1. The summed E-state index contributed by atoms with van der Waals surface area (Å²) in [6, 6.07) is 12.3. The van der Waals surface area contributed by atoms with Crippen LogP contribution in [0.2, 0.25) is 0 Å². The van der Waals surface area contributed by atoms with E-state index in [0.29, 0.717) is 52.0 Å². The summed E-state index contributed by atoms with van der Waals surface area (Å²) in [5, 5.41) is 3.11. The van der Waals surface area contributed by atoms with Gasteiger partial charge in [0, 0.05) is 51.7 Å². The van der Waals surface area contributed by atoms with Gasteiger partial charge in [-0.3, -0.25) is 14.6 Å². The van der Waals surface area contributed by atoms with Crippen LogP contribution in [0, 0.1) is 5.41 Å². The second kappa shape index (κ2) is 9.39. The molecule has 3 heterocycles. The van der Waals surface area contributed by atoms with Crippen LogP contribution in [0.5, 0.6) is 0 Å². The molecule has 0 radical (unpaired) electrons. The molecule has 0 bridgehead atoms. The summed E-state index contributed by atoms with van der Waals surface area (Å²) in [7, 11) is 0. The first-order valence-electron chi connectivity index (χ1n) is 10.8. The third kappa shape index (κ3) is 4.70. The number of nitrogens with zero attached hydrogens (tertiary/aromatic N) is 2. The van der Waals surface area contributed by atoms with Crippen molar-refractivity contribution in [3.8, 4) is 11.1 Å². The van der Waals surface area contributed by atoms with Gasteiger partial charge in [-0.05, 0) is 48.4 Å². The van der Waals surface area contributed by atoms with Crippen molar-refractivity contribution in [1.82, 2.24) is 15.2 Å². The minimum Gasteiger partial charge on any atom is -0.381 e. The largest absolute Gasteiger partial charge is 0.381 e. The second-order valence-electron chi connectivity index (χ2n) is 8.25. The topological polar surface area (TPSA) is 71.5 Å². The van der Waals surface area contributed by atoms with Crippen molar-refractivity contribution in [2.24, 2.45) is 5.41 Å². The Morgan fingerprint density at radius 3 is 2.73 bits per heavy atom. The normalized spacial score (nSPS) is 18.4. The smallest absolute Gasteiger partial charge is 0.226 e. The lowest BCUT2D eigenvalue weighted by Crippen LogP contribution is -2.48. The van der Waals surface area contributed by atoms with Gasteiger partial charge in [-0.15, -0.1) is 0 Å². The zero-order valence-corrected chi connectivity index (χ0v) is 17.3. The van der Waals surface area contributed by atoms with Gasteiger partial charge in [0.2, 0.25) is 11.8 Å². The third-order valence-corrected chi connectivity index (χ3v) is 6.23. The number of hydrogen-bond acceptors (Lipinski definition) is 4. The van der Waals surface area contributed by atoms with Crippen molar-refractivity contribution in [3.63, 3.8) is 0 Å². The summed E-state index contributed by atoms with van der Waals surface area (Å²) in [5.74, 6) is 0.265. The van der Waals surface area contributed by atoms with Crippen LogP contribution in [-0.4, -0.2) is 54.5 Å². The lowest BCUT2D eigenvalue weighted by Gasteiger charge is -2.36. The highest BCUT2D eigenvalue weighted by molar-refractivity contribution is 5.83. The zero-order chi connectivity index (χ0) is 20.8. The SMILES string of the molecule is O=C1CCCN1CCNC(=O)C1(Cc2cccc(-c3cccnc3)c2)CCOCC1. The summed E-state index contributed by atoms with van der Waals surface area (Å²) in [5.41, 5.74) is 2.85. The standard InChI is InChI=1S/C24H29N3O3/c28-22-7-3-12-27(22)13-11-26-23(29)24(8-14-30-15-9-24)17-19-4-1-5-20(16-19)21-6-2-10-25-18-21/h1-2,4-6,10,16,18H,3,7-9,11-15,17H2,(H,26,29). The Morgan fingerprint density at radius 2 is 2.00 bits per heavy atom. The highest BCUT2D eigenvalue weighted by Gasteiger charge is 2.40. The number of likely N-dealkylation sites (tertiary alicyclic amines) is 1. The first-order chi connectivity index (χ1) is 14.7. The number of benzene rings is 1. The molecule has 1 N–H and O–H groups in total. The van der Waals surface area contributed by atoms with Gasteiger partial charge in [-0.25, -0.2) is 0 Å². The minimum atomic E-state index is -0.471. The number of hydrogen-bond donors (Lipinski definition) is 1. The van der Waals surface area contributed by atoms with E-state index in [1.54, 1.807) is 6.20 Å². The highest BCUT2D eigenvalue weighted by Crippen LogP contribution is 2.35. The van der Waals surface area contributed by atoms with Crippen LogP contribution in [-0.2, 0) is 20.7 Å². The number of carbonyl (C=O) groups excluding carboxylic acids is 2. The van der Waals surface area contributed by atoms with Crippen molar-refractivity contribution in [2.75, 3.05) is 32.8 Å². The van der Waals surface area contributed by atoms with E-state index in [-0.39, 0.29) is 11.8 Å². The molecule has 0 atom stereocenters. The number of amides is 2. The van der Waals surface area contributed by atoms with Crippen LogP contribution in [0.4, 0.5) is 0 Å². The van der Waals surface area contributed by atoms with E-state index in [1.807, 2.05) is 29.3 Å². The first kappa shape index (κ1) is 20.5. The molecule has 1 aromatic carbocycles. The van der Waals surface area contributed by atoms with E-state index < -0.39 is 5.41 Å². The fourth-order valence-electron chi connectivity index (χ4n) is 4.46. The molecule has 4 rings (SSSR count). The molecule has 0 spiro atoms. The number of nitrogens with one attached hydrogen (secondary N) is 1. The molecule has 0 aliphatic carbocycles. The van der Waals surface area contributed by atoms with Gasteiger partial charge < -0.3 is 15.0 Å². The van der Waals surface area contributed by atoms with Gasteiger partial charge in [0.05, 0.1) is 5.41 Å². The molecule has 2 saturated heterocycles. The molecule has 0 unspecified atom stereocenters. The number of pyridine rings is 1.